The molecule has 0 aromatic rings. The molecule has 2 aliphatic heterocycles. The van der Waals surface area contributed by atoms with Gasteiger partial charge in [0, 0.05) is 52.5 Å². The zero-order valence-corrected chi connectivity index (χ0v) is 14.2. The summed E-state index contributed by atoms with van der Waals surface area (Å²) in [6.07, 6.45) is 5.91. The normalized spacial score (nSPS) is 21.9. The largest absolute Gasteiger partial charge is 0.381 e. The fourth-order valence-electron chi connectivity index (χ4n) is 3.29. The Kier molecular flexibility index (Phi) is 8.20. The van der Waals surface area contributed by atoms with E-state index >= 15 is 0 Å². The van der Waals surface area contributed by atoms with E-state index < -0.39 is 0 Å². The van der Waals surface area contributed by atoms with E-state index in [2.05, 4.69) is 22.0 Å². The van der Waals surface area contributed by atoms with Crippen LogP contribution in [0.3, 0.4) is 0 Å². The second-order valence-corrected chi connectivity index (χ2v) is 6.69. The zero-order chi connectivity index (χ0) is 15.6. The number of amides is 1. The number of hydrogen-bond acceptors (Lipinski definition) is 4. The molecule has 2 saturated heterocycles. The van der Waals surface area contributed by atoms with Crippen LogP contribution in [0.25, 0.3) is 0 Å². The van der Waals surface area contributed by atoms with Crippen molar-refractivity contribution < 1.29 is 9.53 Å². The Bertz CT molecular complexity index is 311. The van der Waals surface area contributed by atoms with Gasteiger partial charge in [0.05, 0.1) is 6.54 Å². The number of piperazine rings is 1. The van der Waals surface area contributed by atoms with E-state index in [1.165, 1.54) is 32.2 Å². The molecule has 1 amide bonds. The number of ether oxygens (including phenoxy) is 1. The van der Waals surface area contributed by atoms with Crippen LogP contribution in [0.4, 0.5) is 0 Å². The average Bonchev–Trinajstić information content (AvgIpc) is 2.54. The minimum absolute atomic E-state index is 0.189. The third kappa shape index (κ3) is 6.63. The lowest BCUT2D eigenvalue weighted by Crippen LogP contribution is -2.50. The predicted octanol–water partition coefficient (Wildman–Crippen LogP) is 1.34. The average molecular weight is 311 g/mol. The Labute approximate surface area is 135 Å². The number of nitrogens with zero attached hydrogens (tertiary/aromatic N) is 2. The number of rotatable bonds is 8. The zero-order valence-electron chi connectivity index (χ0n) is 14.2. The highest BCUT2D eigenvalue weighted by Crippen LogP contribution is 2.17. The number of unbranched alkanes of at least 4 members (excludes halogenated alkanes) is 2. The van der Waals surface area contributed by atoms with E-state index in [9.17, 15) is 4.79 Å². The third-order valence-corrected chi connectivity index (χ3v) is 4.79. The second kappa shape index (κ2) is 10.2. The summed E-state index contributed by atoms with van der Waals surface area (Å²) in [4.78, 5) is 16.7. The van der Waals surface area contributed by atoms with Crippen molar-refractivity contribution in [2.24, 2.45) is 5.92 Å². The second-order valence-electron chi connectivity index (χ2n) is 6.69. The molecule has 1 N–H and O–H groups in total. The molecule has 2 rings (SSSR count). The first-order valence-electron chi connectivity index (χ1n) is 9.07. The Morgan fingerprint density at radius 3 is 2.45 bits per heavy atom. The lowest BCUT2D eigenvalue weighted by atomic mass is 9.99. The van der Waals surface area contributed by atoms with Crippen molar-refractivity contribution in [1.82, 2.24) is 15.1 Å². The maximum absolute atomic E-state index is 11.9. The molecule has 0 aromatic heterocycles. The topological polar surface area (TPSA) is 44.8 Å². The van der Waals surface area contributed by atoms with Gasteiger partial charge in [0.15, 0.2) is 0 Å². The minimum atomic E-state index is 0.189. The molecule has 22 heavy (non-hydrogen) atoms. The lowest BCUT2D eigenvalue weighted by Gasteiger charge is -2.36. The molecule has 2 aliphatic rings. The maximum atomic E-state index is 11.9. The first kappa shape index (κ1) is 17.7. The molecule has 5 nitrogen and oxygen atoms in total. The number of nitrogens with one attached hydrogen (secondary N) is 1. The van der Waals surface area contributed by atoms with Gasteiger partial charge in [-0.2, -0.15) is 0 Å². The van der Waals surface area contributed by atoms with Crippen molar-refractivity contribution in [2.75, 3.05) is 59.0 Å². The van der Waals surface area contributed by atoms with Crippen LogP contribution < -0.4 is 5.32 Å². The van der Waals surface area contributed by atoms with E-state index in [1.54, 1.807) is 0 Å². The fourth-order valence-corrected chi connectivity index (χ4v) is 3.29. The summed E-state index contributed by atoms with van der Waals surface area (Å²) in [7, 11) is 0. The van der Waals surface area contributed by atoms with Crippen LogP contribution in [0, 0.1) is 5.92 Å². The highest BCUT2D eigenvalue weighted by molar-refractivity contribution is 5.77. The Morgan fingerprint density at radius 2 is 1.77 bits per heavy atom. The molecular weight excluding hydrogens is 278 g/mol. The molecule has 5 heteroatoms. The van der Waals surface area contributed by atoms with Crippen molar-refractivity contribution in [2.45, 2.75) is 39.0 Å². The van der Waals surface area contributed by atoms with E-state index in [0.717, 1.165) is 58.3 Å². The van der Waals surface area contributed by atoms with Crippen molar-refractivity contribution in [3.05, 3.63) is 0 Å². The molecule has 0 bridgehead atoms. The first-order valence-corrected chi connectivity index (χ1v) is 9.07. The molecule has 0 aliphatic carbocycles. The molecule has 128 valence electrons. The maximum Gasteiger partial charge on any atom is 0.234 e. The van der Waals surface area contributed by atoms with Gasteiger partial charge >= 0.3 is 0 Å². The van der Waals surface area contributed by atoms with Crippen molar-refractivity contribution >= 4 is 5.91 Å². The smallest absolute Gasteiger partial charge is 0.234 e. The number of hydrogen-bond donors (Lipinski definition) is 1. The van der Waals surface area contributed by atoms with Gasteiger partial charge in [-0.1, -0.05) is 19.8 Å². The summed E-state index contributed by atoms with van der Waals surface area (Å²) >= 11 is 0. The SMILES string of the molecule is CCCCCNC(=O)CN1CCN(CC2CCOCC2)CC1. The molecule has 0 radical (unpaired) electrons. The number of carbonyl (C=O) groups is 1. The van der Waals surface area contributed by atoms with Crippen LogP contribution in [0.5, 0.6) is 0 Å². The molecule has 0 atom stereocenters. The summed E-state index contributed by atoms with van der Waals surface area (Å²) in [5, 5.41) is 3.03. The van der Waals surface area contributed by atoms with Crippen LogP contribution in [-0.4, -0.2) is 74.7 Å². The van der Waals surface area contributed by atoms with E-state index in [1.807, 2.05) is 0 Å². The standard InChI is InChI=1S/C17H33N3O2/c1-2-3-4-7-18-17(21)15-20-10-8-19(9-11-20)14-16-5-12-22-13-6-16/h16H,2-15H2,1H3,(H,18,21). The fraction of sp³-hybridized carbons (Fsp3) is 0.941. The van der Waals surface area contributed by atoms with E-state index in [-0.39, 0.29) is 5.91 Å². The van der Waals surface area contributed by atoms with Gasteiger partial charge < -0.3 is 15.0 Å². The van der Waals surface area contributed by atoms with Gasteiger partial charge in [-0.3, -0.25) is 9.69 Å². The van der Waals surface area contributed by atoms with Crippen molar-refractivity contribution in [1.29, 1.82) is 0 Å². The first-order chi connectivity index (χ1) is 10.8. The van der Waals surface area contributed by atoms with Gasteiger partial charge in [-0.15, -0.1) is 0 Å². The van der Waals surface area contributed by atoms with Crippen LogP contribution in [0.15, 0.2) is 0 Å². The molecule has 0 aromatic carbocycles. The van der Waals surface area contributed by atoms with Gasteiger partial charge in [0.25, 0.3) is 0 Å². The quantitative estimate of drug-likeness (QED) is 0.687. The summed E-state index contributed by atoms with van der Waals surface area (Å²) in [6.45, 7) is 10.9. The Morgan fingerprint density at radius 1 is 1.09 bits per heavy atom. The Balaban J connectivity index is 1.55. The Hall–Kier alpha value is -0.650. The minimum Gasteiger partial charge on any atom is -0.381 e. The highest BCUT2D eigenvalue weighted by Gasteiger charge is 2.22. The summed E-state index contributed by atoms with van der Waals surface area (Å²) in [5.74, 6) is 0.996. The molecule has 0 spiro atoms. The lowest BCUT2D eigenvalue weighted by molar-refractivity contribution is -0.122. The van der Waals surface area contributed by atoms with Gasteiger partial charge in [0.2, 0.25) is 5.91 Å². The highest BCUT2D eigenvalue weighted by atomic mass is 16.5. The monoisotopic (exact) mass is 311 g/mol. The summed E-state index contributed by atoms with van der Waals surface area (Å²) in [6, 6.07) is 0. The molecular formula is C17H33N3O2. The molecule has 0 unspecified atom stereocenters. The van der Waals surface area contributed by atoms with Crippen molar-refractivity contribution in [3.8, 4) is 0 Å². The van der Waals surface area contributed by atoms with Crippen LogP contribution in [-0.2, 0) is 9.53 Å². The van der Waals surface area contributed by atoms with Crippen LogP contribution in [0.1, 0.15) is 39.0 Å². The van der Waals surface area contributed by atoms with Crippen LogP contribution >= 0.6 is 0 Å². The summed E-state index contributed by atoms with van der Waals surface area (Å²) < 4.78 is 5.43. The van der Waals surface area contributed by atoms with Gasteiger partial charge in [-0.25, -0.2) is 0 Å². The molecule has 2 fully saturated rings. The third-order valence-electron chi connectivity index (χ3n) is 4.79. The van der Waals surface area contributed by atoms with E-state index in [0.29, 0.717) is 6.54 Å². The summed E-state index contributed by atoms with van der Waals surface area (Å²) in [5.41, 5.74) is 0. The van der Waals surface area contributed by atoms with E-state index in [4.69, 9.17) is 4.74 Å². The van der Waals surface area contributed by atoms with Gasteiger partial charge in [-0.05, 0) is 25.2 Å². The molecule has 2 heterocycles. The number of carbonyl (C=O) groups excluding carboxylic acids is 1. The van der Waals surface area contributed by atoms with Crippen LogP contribution in [0.2, 0.25) is 0 Å². The predicted molar refractivity (Wildman–Crippen MR) is 89.0 cm³/mol. The van der Waals surface area contributed by atoms with Gasteiger partial charge in [0.1, 0.15) is 0 Å². The van der Waals surface area contributed by atoms with Crippen molar-refractivity contribution in [3.63, 3.8) is 0 Å². The molecule has 0 saturated carbocycles.